The molecule has 0 spiro atoms. The molecule has 0 saturated carbocycles. The van der Waals surface area contributed by atoms with Crippen molar-refractivity contribution < 1.29 is 9.59 Å². The molecule has 2 amide bonds. The van der Waals surface area contributed by atoms with Gasteiger partial charge in [-0.2, -0.15) is 0 Å². The first-order chi connectivity index (χ1) is 19.8. The van der Waals surface area contributed by atoms with Gasteiger partial charge < -0.3 is 10.6 Å². The second kappa shape index (κ2) is 12.1. The molecule has 0 saturated heterocycles. The van der Waals surface area contributed by atoms with Gasteiger partial charge in [-0.05, 0) is 67.9 Å². The van der Waals surface area contributed by atoms with E-state index in [4.69, 9.17) is 0 Å². The maximum Gasteiger partial charge on any atom is 0.295 e. The monoisotopic (exact) mass is 562 g/mol. The van der Waals surface area contributed by atoms with Crippen LogP contribution in [-0.4, -0.2) is 21.2 Å². The number of nitrogens with one attached hydrogen (secondary N) is 2. The molecule has 2 N–H and O–H groups in total. The SMILES string of the molecule is Cc1ccc(C(=O)Nc2ccc(SC(C(=O)Nc3c(C)n(C)n(-c4ccccc4)c3=O)c3ccccc3)cc2)cc1. The maximum atomic E-state index is 13.7. The highest BCUT2D eigenvalue weighted by Gasteiger charge is 2.26. The second-order valence-corrected chi connectivity index (χ2v) is 10.9. The minimum Gasteiger partial charge on any atom is -0.322 e. The Morgan fingerprint density at radius 2 is 1.37 bits per heavy atom. The first-order valence-corrected chi connectivity index (χ1v) is 14.0. The van der Waals surface area contributed by atoms with E-state index in [-0.39, 0.29) is 23.1 Å². The van der Waals surface area contributed by atoms with E-state index in [1.165, 1.54) is 11.8 Å². The fourth-order valence-electron chi connectivity index (χ4n) is 4.46. The lowest BCUT2D eigenvalue weighted by Crippen LogP contribution is -2.25. The van der Waals surface area contributed by atoms with Gasteiger partial charge in [0.25, 0.3) is 11.5 Å². The van der Waals surface area contributed by atoms with E-state index in [0.29, 0.717) is 22.6 Å². The second-order valence-electron chi connectivity index (χ2n) is 9.68. The summed E-state index contributed by atoms with van der Waals surface area (Å²) in [7, 11) is 1.79. The predicted octanol–water partition coefficient (Wildman–Crippen LogP) is 6.52. The van der Waals surface area contributed by atoms with E-state index in [1.807, 2.05) is 111 Å². The maximum absolute atomic E-state index is 13.7. The van der Waals surface area contributed by atoms with Gasteiger partial charge in [0.1, 0.15) is 10.9 Å². The number of hydrogen-bond donors (Lipinski definition) is 2. The smallest absolute Gasteiger partial charge is 0.295 e. The summed E-state index contributed by atoms with van der Waals surface area (Å²) in [6.45, 7) is 3.79. The Morgan fingerprint density at radius 3 is 2.00 bits per heavy atom. The normalized spacial score (nSPS) is 11.6. The van der Waals surface area contributed by atoms with Crippen molar-refractivity contribution in [2.45, 2.75) is 24.0 Å². The molecule has 0 fully saturated rings. The van der Waals surface area contributed by atoms with Gasteiger partial charge in [0.05, 0.1) is 11.4 Å². The van der Waals surface area contributed by atoms with Gasteiger partial charge in [0.15, 0.2) is 0 Å². The fraction of sp³-hybridized carbons (Fsp3) is 0.121. The molecule has 1 aromatic heterocycles. The molecule has 1 heterocycles. The van der Waals surface area contributed by atoms with Crippen molar-refractivity contribution in [3.8, 4) is 5.69 Å². The Morgan fingerprint density at radius 1 is 0.756 bits per heavy atom. The number of para-hydroxylation sites is 1. The van der Waals surface area contributed by atoms with E-state index < -0.39 is 5.25 Å². The summed E-state index contributed by atoms with van der Waals surface area (Å²) in [6.07, 6.45) is 0. The molecule has 7 nitrogen and oxygen atoms in total. The van der Waals surface area contributed by atoms with Gasteiger partial charge in [-0.15, -0.1) is 11.8 Å². The number of thioether (sulfide) groups is 1. The van der Waals surface area contributed by atoms with Crippen molar-refractivity contribution >= 4 is 35.0 Å². The van der Waals surface area contributed by atoms with Crippen LogP contribution in [0.5, 0.6) is 0 Å². The van der Waals surface area contributed by atoms with Crippen molar-refractivity contribution in [3.63, 3.8) is 0 Å². The number of hydrogen-bond acceptors (Lipinski definition) is 4. The molecule has 41 heavy (non-hydrogen) atoms. The average Bonchev–Trinajstić information content (AvgIpc) is 3.20. The lowest BCUT2D eigenvalue weighted by Gasteiger charge is -2.17. The van der Waals surface area contributed by atoms with Crippen molar-refractivity contribution in [3.05, 3.63) is 142 Å². The van der Waals surface area contributed by atoms with Crippen molar-refractivity contribution in [1.29, 1.82) is 0 Å². The number of amides is 2. The lowest BCUT2D eigenvalue weighted by molar-refractivity contribution is -0.115. The van der Waals surface area contributed by atoms with Gasteiger partial charge in [-0.3, -0.25) is 19.1 Å². The van der Waals surface area contributed by atoms with Crippen LogP contribution in [-0.2, 0) is 11.8 Å². The molecule has 206 valence electrons. The van der Waals surface area contributed by atoms with E-state index >= 15 is 0 Å². The molecule has 8 heteroatoms. The zero-order chi connectivity index (χ0) is 28.9. The molecular weight excluding hydrogens is 532 g/mol. The summed E-state index contributed by atoms with van der Waals surface area (Å²) in [4.78, 5) is 40.6. The minimum absolute atomic E-state index is 0.189. The summed E-state index contributed by atoms with van der Waals surface area (Å²) < 4.78 is 3.28. The van der Waals surface area contributed by atoms with Crippen molar-refractivity contribution in [1.82, 2.24) is 9.36 Å². The summed E-state index contributed by atoms with van der Waals surface area (Å²) in [5.41, 5.74) is 4.45. The van der Waals surface area contributed by atoms with E-state index in [2.05, 4.69) is 10.6 Å². The van der Waals surface area contributed by atoms with Gasteiger partial charge in [0, 0.05) is 23.2 Å². The number of rotatable bonds is 8. The number of benzene rings is 4. The Labute approximate surface area is 242 Å². The fourth-order valence-corrected chi connectivity index (χ4v) is 5.49. The van der Waals surface area contributed by atoms with Crippen LogP contribution >= 0.6 is 11.8 Å². The zero-order valence-electron chi connectivity index (χ0n) is 23.0. The number of aromatic nitrogens is 2. The minimum atomic E-state index is -0.617. The highest BCUT2D eigenvalue weighted by Crippen LogP contribution is 2.37. The summed E-state index contributed by atoms with van der Waals surface area (Å²) in [6, 6.07) is 33.5. The first kappa shape index (κ1) is 27.7. The highest BCUT2D eigenvalue weighted by molar-refractivity contribution is 8.00. The molecule has 0 bridgehead atoms. The number of anilines is 2. The standard InChI is InChI=1S/C33H30N4O3S/c1-22-14-16-25(17-15-22)31(38)34-26-18-20-28(21-19-26)41-30(24-10-6-4-7-11-24)32(39)35-29-23(2)36(3)37(33(29)40)27-12-8-5-9-13-27/h4-21,30H,1-3H3,(H,34,38)(H,35,39). The van der Waals surface area contributed by atoms with E-state index in [9.17, 15) is 14.4 Å². The third-order valence-corrected chi connectivity index (χ3v) is 8.09. The number of carbonyl (C=O) groups excluding carboxylic acids is 2. The summed E-state index contributed by atoms with van der Waals surface area (Å²) in [5.74, 6) is -0.490. The molecule has 0 aliphatic heterocycles. The van der Waals surface area contributed by atoms with Crippen LogP contribution in [0.15, 0.2) is 119 Å². The van der Waals surface area contributed by atoms with Crippen LogP contribution in [0.3, 0.4) is 0 Å². The van der Waals surface area contributed by atoms with Gasteiger partial charge in [-0.25, -0.2) is 4.68 Å². The molecular formula is C33H30N4O3S. The van der Waals surface area contributed by atoms with Crippen LogP contribution in [0.2, 0.25) is 0 Å². The lowest BCUT2D eigenvalue weighted by atomic mass is 10.1. The van der Waals surface area contributed by atoms with Gasteiger partial charge >= 0.3 is 0 Å². The molecule has 0 aliphatic carbocycles. The summed E-state index contributed by atoms with van der Waals surface area (Å²) in [5, 5.41) is 5.21. The Bertz CT molecular complexity index is 1730. The van der Waals surface area contributed by atoms with Crippen LogP contribution in [0, 0.1) is 13.8 Å². The number of aryl methyl sites for hydroxylation is 1. The molecule has 1 unspecified atom stereocenters. The van der Waals surface area contributed by atoms with E-state index in [1.54, 1.807) is 28.5 Å². The van der Waals surface area contributed by atoms with Gasteiger partial charge in [0.2, 0.25) is 5.91 Å². The van der Waals surface area contributed by atoms with Crippen molar-refractivity contribution in [2.75, 3.05) is 10.6 Å². The topological polar surface area (TPSA) is 85.1 Å². The highest BCUT2D eigenvalue weighted by atomic mass is 32.2. The van der Waals surface area contributed by atoms with Crippen LogP contribution in [0.25, 0.3) is 5.69 Å². The van der Waals surface area contributed by atoms with Crippen LogP contribution in [0.4, 0.5) is 11.4 Å². The van der Waals surface area contributed by atoms with Crippen LogP contribution in [0.1, 0.15) is 32.4 Å². The predicted molar refractivity (Wildman–Crippen MR) is 165 cm³/mol. The van der Waals surface area contributed by atoms with Gasteiger partial charge in [-0.1, -0.05) is 66.2 Å². The molecule has 1 atom stereocenters. The van der Waals surface area contributed by atoms with Crippen LogP contribution < -0.4 is 16.2 Å². The Hall–Kier alpha value is -4.82. The average molecular weight is 563 g/mol. The van der Waals surface area contributed by atoms with E-state index in [0.717, 1.165) is 16.0 Å². The van der Waals surface area contributed by atoms with Crippen molar-refractivity contribution in [2.24, 2.45) is 7.05 Å². The largest absolute Gasteiger partial charge is 0.322 e. The molecule has 4 aromatic carbocycles. The molecule has 0 radical (unpaired) electrons. The number of carbonyl (C=O) groups is 2. The third kappa shape index (κ3) is 6.18. The first-order valence-electron chi connectivity index (χ1n) is 13.2. The zero-order valence-corrected chi connectivity index (χ0v) is 23.8. The quantitative estimate of drug-likeness (QED) is 0.211. The third-order valence-electron chi connectivity index (χ3n) is 6.82. The Balaban J connectivity index is 1.36. The number of nitrogens with zero attached hydrogens (tertiary/aromatic N) is 2. The molecule has 5 rings (SSSR count). The summed E-state index contributed by atoms with van der Waals surface area (Å²) >= 11 is 1.37. The Kier molecular flexibility index (Phi) is 8.21. The molecule has 5 aromatic rings. The molecule has 0 aliphatic rings.